The van der Waals surface area contributed by atoms with Crippen molar-refractivity contribution in [1.29, 1.82) is 0 Å². The normalized spacial score (nSPS) is 10.3. The van der Waals surface area contributed by atoms with Crippen LogP contribution in [-0.2, 0) is 23.5 Å². The van der Waals surface area contributed by atoms with E-state index >= 15 is 0 Å². The number of aromatic nitrogens is 1. The maximum absolute atomic E-state index is 4.45. The Kier molecular flexibility index (Phi) is 10.5. The summed E-state index contributed by atoms with van der Waals surface area (Å²) in [5.41, 5.74) is 5.59. The SMILES string of the molecule is Cc1ccccc1N=CCc1cccnc1.[CH2-]C=Nc1ccccc1C.[Fe]. The zero-order valence-electron chi connectivity index (χ0n) is 15.7. The summed E-state index contributed by atoms with van der Waals surface area (Å²) in [6, 6.07) is 20.1. The van der Waals surface area contributed by atoms with Gasteiger partial charge in [-0.1, -0.05) is 42.5 Å². The smallest absolute Gasteiger partial charge is 0.0654 e. The van der Waals surface area contributed by atoms with Crippen molar-refractivity contribution in [3.8, 4) is 0 Å². The van der Waals surface area contributed by atoms with Gasteiger partial charge in [0.2, 0.25) is 0 Å². The Morgan fingerprint density at radius 2 is 1.44 bits per heavy atom. The van der Waals surface area contributed by atoms with Crippen LogP contribution in [0.4, 0.5) is 11.4 Å². The molecule has 0 amide bonds. The van der Waals surface area contributed by atoms with Crippen LogP contribution in [0.5, 0.6) is 0 Å². The Balaban J connectivity index is 0.000000288. The first-order valence-electron chi connectivity index (χ1n) is 8.55. The first-order valence-corrected chi connectivity index (χ1v) is 8.55. The zero-order valence-corrected chi connectivity index (χ0v) is 16.8. The summed E-state index contributed by atoms with van der Waals surface area (Å²) in [6.45, 7) is 7.63. The number of hydrogen-bond acceptors (Lipinski definition) is 3. The molecule has 0 N–H and O–H groups in total. The molecule has 2 aromatic carbocycles. The van der Waals surface area contributed by atoms with Gasteiger partial charge in [-0.3, -0.25) is 15.0 Å². The van der Waals surface area contributed by atoms with Crippen LogP contribution in [0.25, 0.3) is 0 Å². The van der Waals surface area contributed by atoms with E-state index in [1.807, 2.05) is 67.9 Å². The molecule has 1 aromatic heterocycles. The molecular weight excluding hydrogens is 374 g/mol. The standard InChI is InChI=1S/C14H14N2.C9H10N.Fe/c1-12-5-2-3-7-14(12)16-10-8-13-6-4-9-15-11-13;1-3-10-9-7-5-4-6-8(9)2;/h2-7,9-11H,8H2,1H3;3-7H,1H2,2H3;/q;-1;. The van der Waals surface area contributed by atoms with Crippen molar-refractivity contribution in [2.75, 3.05) is 0 Å². The molecule has 0 radical (unpaired) electrons. The van der Waals surface area contributed by atoms with Gasteiger partial charge in [0.1, 0.15) is 0 Å². The van der Waals surface area contributed by atoms with Gasteiger partial charge in [0, 0.05) is 42.1 Å². The van der Waals surface area contributed by atoms with Gasteiger partial charge in [0.05, 0.1) is 11.4 Å². The Morgan fingerprint density at radius 1 is 0.852 bits per heavy atom. The van der Waals surface area contributed by atoms with E-state index in [0.717, 1.165) is 17.8 Å². The fourth-order valence-corrected chi connectivity index (χ4v) is 2.28. The number of rotatable bonds is 4. The molecule has 3 nitrogen and oxygen atoms in total. The average molecular weight is 398 g/mol. The number of nitrogens with zero attached hydrogens (tertiary/aromatic N) is 3. The van der Waals surface area contributed by atoms with Gasteiger partial charge < -0.3 is 6.92 Å². The molecule has 0 saturated heterocycles. The molecule has 0 bridgehead atoms. The van der Waals surface area contributed by atoms with E-state index in [0.29, 0.717) is 0 Å². The molecule has 0 aliphatic heterocycles. The van der Waals surface area contributed by atoms with Crippen LogP contribution in [0.3, 0.4) is 0 Å². The first-order chi connectivity index (χ1) is 12.7. The van der Waals surface area contributed by atoms with Crippen LogP contribution >= 0.6 is 0 Å². The predicted octanol–water partition coefficient (Wildman–Crippen LogP) is 5.86. The molecule has 3 rings (SSSR count). The van der Waals surface area contributed by atoms with E-state index in [-0.39, 0.29) is 17.1 Å². The first kappa shape index (κ1) is 22.4. The molecule has 3 aromatic rings. The number of aryl methyl sites for hydroxylation is 2. The van der Waals surface area contributed by atoms with E-state index in [2.05, 4.69) is 40.9 Å². The van der Waals surface area contributed by atoms with Gasteiger partial charge >= 0.3 is 0 Å². The topological polar surface area (TPSA) is 37.6 Å². The van der Waals surface area contributed by atoms with Crippen LogP contribution in [0.15, 0.2) is 83.0 Å². The minimum absolute atomic E-state index is 0. The minimum Gasteiger partial charge on any atom is -0.364 e. The summed E-state index contributed by atoms with van der Waals surface area (Å²) in [6.07, 6.45) is 7.95. The Morgan fingerprint density at radius 3 is 1.96 bits per heavy atom. The maximum atomic E-state index is 4.45. The summed E-state index contributed by atoms with van der Waals surface area (Å²) in [5, 5.41) is 0. The fraction of sp³-hybridized carbons (Fsp3) is 0.130. The van der Waals surface area contributed by atoms with Crippen LogP contribution in [-0.4, -0.2) is 17.4 Å². The Bertz CT molecular complexity index is 858. The van der Waals surface area contributed by atoms with Crippen LogP contribution < -0.4 is 0 Å². The maximum Gasteiger partial charge on any atom is 0.0654 e. The molecule has 140 valence electrons. The second-order valence-electron chi connectivity index (χ2n) is 5.76. The monoisotopic (exact) mass is 398 g/mol. The molecule has 4 heteroatoms. The Hall–Kier alpha value is -2.68. The van der Waals surface area contributed by atoms with Gasteiger partial charge in [-0.25, -0.2) is 0 Å². The largest absolute Gasteiger partial charge is 0.364 e. The molecular formula is C23H24FeN3-. The van der Waals surface area contributed by atoms with E-state index in [4.69, 9.17) is 0 Å². The molecule has 0 atom stereocenters. The second-order valence-corrected chi connectivity index (χ2v) is 5.76. The number of para-hydroxylation sites is 2. The number of hydrogen-bond donors (Lipinski definition) is 0. The van der Waals surface area contributed by atoms with E-state index < -0.39 is 0 Å². The van der Waals surface area contributed by atoms with Gasteiger partial charge in [0.25, 0.3) is 0 Å². The van der Waals surface area contributed by atoms with Crippen molar-refractivity contribution in [2.45, 2.75) is 20.3 Å². The van der Waals surface area contributed by atoms with E-state index in [1.54, 1.807) is 12.4 Å². The number of pyridine rings is 1. The third-order valence-electron chi connectivity index (χ3n) is 3.74. The molecule has 0 aliphatic carbocycles. The summed E-state index contributed by atoms with van der Waals surface area (Å²) in [5.74, 6) is 0. The molecule has 0 fully saturated rings. The molecule has 1 heterocycles. The summed E-state index contributed by atoms with van der Waals surface area (Å²) < 4.78 is 0. The average Bonchev–Trinajstić information content (AvgIpc) is 2.67. The molecule has 0 saturated carbocycles. The van der Waals surface area contributed by atoms with E-state index in [1.165, 1.54) is 16.7 Å². The molecule has 27 heavy (non-hydrogen) atoms. The Labute approximate surface area is 172 Å². The van der Waals surface area contributed by atoms with Crippen LogP contribution in [0.1, 0.15) is 16.7 Å². The minimum atomic E-state index is 0. The van der Waals surface area contributed by atoms with Gasteiger partial charge in [-0.15, -0.1) is 6.21 Å². The predicted molar refractivity (Wildman–Crippen MR) is 112 cm³/mol. The third-order valence-corrected chi connectivity index (χ3v) is 3.74. The summed E-state index contributed by atoms with van der Waals surface area (Å²) in [4.78, 5) is 12.6. The van der Waals surface area contributed by atoms with Crippen molar-refractivity contribution < 1.29 is 17.1 Å². The number of aliphatic imine (C=N–C) groups is 2. The van der Waals surface area contributed by atoms with Crippen molar-refractivity contribution in [2.24, 2.45) is 9.98 Å². The van der Waals surface area contributed by atoms with Crippen LogP contribution in [0.2, 0.25) is 0 Å². The van der Waals surface area contributed by atoms with Crippen molar-refractivity contribution in [1.82, 2.24) is 4.98 Å². The number of benzene rings is 2. The summed E-state index contributed by atoms with van der Waals surface area (Å²) >= 11 is 0. The molecule has 0 unspecified atom stereocenters. The van der Waals surface area contributed by atoms with Crippen molar-refractivity contribution in [3.63, 3.8) is 0 Å². The fourth-order valence-electron chi connectivity index (χ4n) is 2.28. The zero-order chi connectivity index (χ0) is 18.6. The molecule has 0 spiro atoms. The summed E-state index contributed by atoms with van der Waals surface area (Å²) in [7, 11) is 0. The third kappa shape index (κ3) is 8.04. The van der Waals surface area contributed by atoms with Crippen molar-refractivity contribution in [3.05, 3.63) is 96.7 Å². The van der Waals surface area contributed by atoms with E-state index in [9.17, 15) is 0 Å². The molecule has 0 aliphatic rings. The van der Waals surface area contributed by atoms with Gasteiger partial charge in [-0.05, 0) is 48.7 Å². The second kappa shape index (κ2) is 12.6. The van der Waals surface area contributed by atoms with Crippen LogP contribution in [0, 0.1) is 20.8 Å². The van der Waals surface area contributed by atoms with Gasteiger partial charge in [0.15, 0.2) is 0 Å². The van der Waals surface area contributed by atoms with Gasteiger partial charge in [-0.2, -0.15) is 0 Å². The van der Waals surface area contributed by atoms with Crippen molar-refractivity contribution >= 4 is 23.8 Å². The quantitative estimate of drug-likeness (QED) is 0.308.